The fourth-order valence-corrected chi connectivity index (χ4v) is 3.07. The highest BCUT2D eigenvalue weighted by Gasteiger charge is 2.31. The lowest BCUT2D eigenvalue weighted by atomic mass is 10.1. The molecule has 1 saturated heterocycles. The van der Waals surface area contributed by atoms with E-state index in [0.717, 1.165) is 30.9 Å². The Morgan fingerprint density at radius 1 is 1.35 bits per heavy atom. The van der Waals surface area contributed by atoms with Crippen LogP contribution in [-0.2, 0) is 6.54 Å². The summed E-state index contributed by atoms with van der Waals surface area (Å²) in [6.45, 7) is 2.97. The molecule has 1 atom stereocenters. The van der Waals surface area contributed by atoms with Crippen molar-refractivity contribution < 1.29 is 9.13 Å². The van der Waals surface area contributed by atoms with E-state index in [1.807, 2.05) is 0 Å². The first-order chi connectivity index (χ1) is 9.76. The molecule has 110 valence electrons. The van der Waals surface area contributed by atoms with Gasteiger partial charge in [0.2, 0.25) is 0 Å². The molecule has 3 rings (SSSR count). The summed E-state index contributed by atoms with van der Waals surface area (Å²) in [7, 11) is 1.65. The van der Waals surface area contributed by atoms with Crippen molar-refractivity contribution in [3.05, 3.63) is 29.6 Å². The molecule has 1 heterocycles. The minimum Gasteiger partial charge on any atom is -0.496 e. The molecule has 2 aliphatic rings. The van der Waals surface area contributed by atoms with Gasteiger partial charge in [0.1, 0.15) is 11.6 Å². The van der Waals surface area contributed by atoms with Gasteiger partial charge in [0.15, 0.2) is 0 Å². The number of benzene rings is 1. The van der Waals surface area contributed by atoms with Gasteiger partial charge in [-0.25, -0.2) is 4.39 Å². The number of ether oxygens (including phenoxy) is 1. The molecule has 1 aromatic rings. The molecule has 0 amide bonds. The smallest absolute Gasteiger partial charge is 0.123 e. The molecule has 0 bridgehead atoms. The molecule has 20 heavy (non-hydrogen) atoms. The highest BCUT2D eigenvalue weighted by Crippen LogP contribution is 2.31. The Balaban J connectivity index is 1.70. The van der Waals surface area contributed by atoms with Gasteiger partial charge in [0.05, 0.1) is 7.11 Å². The van der Waals surface area contributed by atoms with Gasteiger partial charge in [0.25, 0.3) is 0 Å². The van der Waals surface area contributed by atoms with Crippen molar-refractivity contribution >= 4 is 0 Å². The zero-order chi connectivity index (χ0) is 13.9. The van der Waals surface area contributed by atoms with E-state index in [4.69, 9.17) is 4.74 Å². The molecule has 0 aromatic heterocycles. The fourth-order valence-electron chi connectivity index (χ4n) is 3.07. The molecule has 2 fully saturated rings. The van der Waals surface area contributed by atoms with Crippen molar-refractivity contribution in [2.24, 2.45) is 0 Å². The fraction of sp³-hybridized carbons (Fsp3) is 0.625. The molecule has 1 N–H and O–H groups in total. The maximum absolute atomic E-state index is 13.5. The minimum absolute atomic E-state index is 0.185. The van der Waals surface area contributed by atoms with E-state index in [-0.39, 0.29) is 5.82 Å². The third kappa shape index (κ3) is 3.30. The number of nitrogens with zero attached hydrogens (tertiary/aromatic N) is 1. The molecule has 1 aromatic carbocycles. The van der Waals surface area contributed by atoms with Crippen LogP contribution in [0.4, 0.5) is 4.39 Å². The van der Waals surface area contributed by atoms with Crippen LogP contribution in [0.2, 0.25) is 0 Å². The van der Waals surface area contributed by atoms with Crippen LogP contribution >= 0.6 is 0 Å². The third-order valence-electron chi connectivity index (χ3n) is 4.30. The molecule has 0 radical (unpaired) electrons. The Kier molecular flexibility index (Phi) is 4.22. The van der Waals surface area contributed by atoms with Crippen LogP contribution in [0, 0.1) is 5.82 Å². The Morgan fingerprint density at radius 3 is 2.85 bits per heavy atom. The lowest BCUT2D eigenvalue weighted by Gasteiger charge is -2.26. The van der Waals surface area contributed by atoms with Crippen molar-refractivity contribution in [3.63, 3.8) is 0 Å². The topological polar surface area (TPSA) is 24.5 Å². The SMILES string of the molecule is COc1ccc(F)cc1CN(CC1CCCN1)C1CC1. The van der Waals surface area contributed by atoms with E-state index in [0.29, 0.717) is 12.1 Å². The van der Waals surface area contributed by atoms with Gasteiger partial charge in [-0.2, -0.15) is 0 Å². The van der Waals surface area contributed by atoms with Gasteiger partial charge < -0.3 is 10.1 Å². The van der Waals surface area contributed by atoms with Crippen LogP contribution in [-0.4, -0.2) is 37.2 Å². The quantitative estimate of drug-likeness (QED) is 0.865. The van der Waals surface area contributed by atoms with Crippen LogP contribution in [0.3, 0.4) is 0 Å². The standard InChI is InChI=1S/C16H23FN2O/c1-20-16-7-4-13(17)9-12(16)10-19(15-5-6-15)11-14-3-2-8-18-14/h4,7,9,14-15,18H,2-3,5-6,8,10-11H2,1H3. The first-order valence-electron chi connectivity index (χ1n) is 7.56. The van der Waals surface area contributed by atoms with Gasteiger partial charge in [-0.15, -0.1) is 0 Å². The summed E-state index contributed by atoms with van der Waals surface area (Å²) in [5.74, 6) is 0.604. The summed E-state index contributed by atoms with van der Waals surface area (Å²) in [4.78, 5) is 2.49. The monoisotopic (exact) mass is 278 g/mol. The Bertz CT molecular complexity index is 456. The van der Waals surface area contributed by atoms with E-state index < -0.39 is 0 Å². The largest absolute Gasteiger partial charge is 0.496 e. The van der Waals surface area contributed by atoms with Crippen LogP contribution in [0.1, 0.15) is 31.2 Å². The first kappa shape index (κ1) is 13.8. The van der Waals surface area contributed by atoms with E-state index in [1.54, 1.807) is 19.2 Å². The molecule has 3 nitrogen and oxygen atoms in total. The van der Waals surface area contributed by atoms with E-state index >= 15 is 0 Å². The summed E-state index contributed by atoms with van der Waals surface area (Å²) in [5, 5.41) is 3.55. The summed E-state index contributed by atoms with van der Waals surface area (Å²) in [5.41, 5.74) is 0.956. The van der Waals surface area contributed by atoms with Crippen molar-refractivity contribution in [1.82, 2.24) is 10.2 Å². The number of nitrogens with one attached hydrogen (secondary N) is 1. The van der Waals surface area contributed by atoms with Crippen LogP contribution in [0.25, 0.3) is 0 Å². The zero-order valence-corrected chi connectivity index (χ0v) is 12.1. The zero-order valence-electron chi connectivity index (χ0n) is 12.1. The molecular formula is C16H23FN2O. The highest BCUT2D eigenvalue weighted by atomic mass is 19.1. The summed E-state index contributed by atoms with van der Waals surface area (Å²) in [6, 6.07) is 6.06. The Hall–Kier alpha value is -1.13. The normalized spacial score (nSPS) is 22.4. The summed E-state index contributed by atoms with van der Waals surface area (Å²) < 4.78 is 18.8. The number of methoxy groups -OCH3 is 1. The van der Waals surface area contributed by atoms with Gasteiger partial charge in [-0.3, -0.25) is 4.90 Å². The van der Waals surface area contributed by atoms with Crippen LogP contribution < -0.4 is 10.1 Å². The predicted octanol–water partition coefficient (Wildman–Crippen LogP) is 2.55. The maximum atomic E-state index is 13.5. The molecule has 1 aliphatic heterocycles. The average molecular weight is 278 g/mol. The predicted molar refractivity (Wildman–Crippen MR) is 77.4 cm³/mol. The Morgan fingerprint density at radius 2 is 2.20 bits per heavy atom. The molecule has 1 unspecified atom stereocenters. The first-order valence-corrected chi connectivity index (χ1v) is 7.56. The van der Waals surface area contributed by atoms with E-state index in [9.17, 15) is 4.39 Å². The lowest BCUT2D eigenvalue weighted by Crippen LogP contribution is -2.38. The number of hydrogen-bond donors (Lipinski definition) is 1. The Labute approximate surface area is 120 Å². The van der Waals surface area contributed by atoms with Gasteiger partial charge in [-0.1, -0.05) is 0 Å². The van der Waals surface area contributed by atoms with Crippen molar-refractivity contribution in [2.45, 2.75) is 44.3 Å². The molecule has 4 heteroatoms. The minimum atomic E-state index is -0.185. The van der Waals surface area contributed by atoms with Crippen molar-refractivity contribution in [3.8, 4) is 5.75 Å². The third-order valence-corrected chi connectivity index (χ3v) is 4.30. The lowest BCUT2D eigenvalue weighted by molar-refractivity contribution is 0.227. The average Bonchev–Trinajstić information content (AvgIpc) is 3.17. The van der Waals surface area contributed by atoms with Crippen molar-refractivity contribution in [1.29, 1.82) is 0 Å². The summed E-state index contributed by atoms with van der Waals surface area (Å²) in [6.07, 6.45) is 5.06. The van der Waals surface area contributed by atoms with Crippen molar-refractivity contribution in [2.75, 3.05) is 20.2 Å². The van der Waals surface area contributed by atoms with Gasteiger partial charge in [0, 0.05) is 30.7 Å². The number of hydrogen-bond acceptors (Lipinski definition) is 3. The maximum Gasteiger partial charge on any atom is 0.123 e. The summed E-state index contributed by atoms with van der Waals surface area (Å²) >= 11 is 0. The van der Waals surface area contributed by atoms with E-state index in [1.165, 1.54) is 31.7 Å². The molecule has 1 aliphatic carbocycles. The number of halogens is 1. The molecular weight excluding hydrogens is 255 g/mol. The highest BCUT2D eigenvalue weighted by molar-refractivity contribution is 5.34. The second-order valence-electron chi connectivity index (χ2n) is 5.91. The van der Waals surface area contributed by atoms with Gasteiger partial charge >= 0.3 is 0 Å². The molecule has 1 saturated carbocycles. The second kappa shape index (κ2) is 6.10. The van der Waals surface area contributed by atoms with Crippen LogP contribution in [0.5, 0.6) is 5.75 Å². The second-order valence-corrected chi connectivity index (χ2v) is 5.91. The van der Waals surface area contributed by atoms with Crippen LogP contribution in [0.15, 0.2) is 18.2 Å². The van der Waals surface area contributed by atoms with E-state index in [2.05, 4.69) is 10.2 Å². The van der Waals surface area contributed by atoms with Gasteiger partial charge in [-0.05, 0) is 50.4 Å². The number of rotatable bonds is 6. The molecule has 0 spiro atoms.